The lowest BCUT2D eigenvalue weighted by Gasteiger charge is -2.26. The lowest BCUT2D eigenvalue weighted by molar-refractivity contribution is 0.669. The average molecular weight is 490 g/mol. The van der Waals surface area contributed by atoms with E-state index in [2.05, 4.69) is 121 Å². The van der Waals surface area contributed by atoms with Crippen molar-refractivity contribution in [2.24, 2.45) is 0 Å². The van der Waals surface area contributed by atoms with Crippen LogP contribution in [0.15, 0.2) is 130 Å². The van der Waals surface area contributed by atoms with Gasteiger partial charge in [-0.3, -0.25) is 0 Å². The highest BCUT2D eigenvalue weighted by atomic mass is 16.3. The van der Waals surface area contributed by atoms with Gasteiger partial charge in [0, 0.05) is 32.9 Å². The normalized spacial score (nSPS) is 11.8. The first-order chi connectivity index (χ1) is 18.7. The quantitative estimate of drug-likeness (QED) is 0.247. The highest BCUT2D eigenvalue weighted by molar-refractivity contribution is 6.19. The highest BCUT2D eigenvalue weighted by Gasteiger charge is 2.21. The van der Waals surface area contributed by atoms with Crippen LogP contribution in [0.25, 0.3) is 54.6 Å². The summed E-state index contributed by atoms with van der Waals surface area (Å²) in [5.41, 5.74) is 7.87. The molecule has 0 spiro atoms. The second-order valence-corrected chi connectivity index (χ2v) is 9.87. The summed E-state index contributed by atoms with van der Waals surface area (Å²) in [5.74, 6) is 0. The van der Waals surface area contributed by atoms with E-state index in [1.54, 1.807) is 0 Å². The van der Waals surface area contributed by atoms with Gasteiger partial charge in [-0.2, -0.15) is 0 Å². The predicted octanol–water partition coefficient (Wildman–Crippen LogP) is 10.4. The molecule has 8 rings (SSSR count). The largest absolute Gasteiger partial charge is 0.456 e. The fourth-order valence-corrected chi connectivity index (χ4v) is 5.78. The number of rotatable bonds is 3. The fraction of sp³-hybridized carbons (Fsp3) is 0.0286. The van der Waals surface area contributed by atoms with E-state index in [0.29, 0.717) is 0 Å². The molecule has 0 saturated heterocycles. The summed E-state index contributed by atoms with van der Waals surface area (Å²) in [6.45, 7) is 2.13. The molecule has 3 nitrogen and oxygen atoms in total. The minimum Gasteiger partial charge on any atom is -0.456 e. The predicted molar refractivity (Wildman–Crippen MR) is 158 cm³/mol. The Morgan fingerprint density at radius 2 is 1.24 bits per heavy atom. The van der Waals surface area contributed by atoms with E-state index in [4.69, 9.17) is 8.83 Å². The van der Waals surface area contributed by atoms with Crippen LogP contribution in [0, 0.1) is 6.92 Å². The van der Waals surface area contributed by atoms with Crippen molar-refractivity contribution in [3.05, 3.63) is 127 Å². The van der Waals surface area contributed by atoms with Crippen LogP contribution in [0.3, 0.4) is 0 Å². The third kappa shape index (κ3) is 3.09. The number of anilines is 3. The van der Waals surface area contributed by atoms with Gasteiger partial charge >= 0.3 is 0 Å². The lowest BCUT2D eigenvalue weighted by Crippen LogP contribution is -2.10. The smallest absolute Gasteiger partial charge is 0.159 e. The number of hydrogen-bond donors (Lipinski definition) is 0. The highest BCUT2D eigenvalue weighted by Crippen LogP contribution is 2.44. The van der Waals surface area contributed by atoms with Crippen molar-refractivity contribution in [1.29, 1.82) is 0 Å². The van der Waals surface area contributed by atoms with Gasteiger partial charge in [0.2, 0.25) is 0 Å². The zero-order chi connectivity index (χ0) is 25.2. The van der Waals surface area contributed by atoms with Crippen molar-refractivity contribution in [3.8, 4) is 0 Å². The van der Waals surface area contributed by atoms with Gasteiger partial charge < -0.3 is 13.7 Å². The van der Waals surface area contributed by atoms with Gasteiger partial charge in [0.15, 0.2) is 5.58 Å². The Hall–Kier alpha value is -5.02. The van der Waals surface area contributed by atoms with E-state index in [0.717, 1.165) is 60.9 Å². The third-order valence-corrected chi connectivity index (χ3v) is 7.49. The molecule has 0 aliphatic rings. The Bertz CT molecular complexity index is 2160. The van der Waals surface area contributed by atoms with Gasteiger partial charge in [0.1, 0.15) is 16.7 Å². The van der Waals surface area contributed by atoms with E-state index >= 15 is 0 Å². The summed E-state index contributed by atoms with van der Waals surface area (Å²) >= 11 is 0. The Labute approximate surface area is 219 Å². The number of aryl methyl sites for hydroxylation is 1. The molecule has 0 fully saturated rings. The molecule has 2 aromatic heterocycles. The van der Waals surface area contributed by atoms with E-state index in [-0.39, 0.29) is 0 Å². The standard InChI is InChI=1S/C35H23NO2/c1-22-8-6-10-24(20-22)36(30-14-7-13-28-27-12-4-5-15-31(27)38-35(28)30)25-17-19-32-29(21-25)34-26-11-3-2-9-23(26)16-18-33(34)37-32/h2-21H,1H3. The maximum Gasteiger partial charge on any atom is 0.159 e. The first kappa shape index (κ1) is 21.1. The van der Waals surface area contributed by atoms with Gasteiger partial charge in [0.05, 0.1) is 5.69 Å². The molecule has 0 unspecified atom stereocenters. The van der Waals surface area contributed by atoms with E-state index in [9.17, 15) is 0 Å². The molecule has 0 bridgehead atoms. The maximum atomic E-state index is 6.48. The van der Waals surface area contributed by atoms with Gasteiger partial charge in [-0.1, -0.05) is 72.8 Å². The SMILES string of the molecule is Cc1cccc(N(c2ccc3oc4ccc5ccccc5c4c3c2)c2cccc3c2oc2ccccc23)c1. The second kappa shape index (κ2) is 7.99. The molecule has 0 atom stereocenters. The Balaban J connectivity index is 1.44. The Kier molecular flexibility index (Phi) is 4.44. The number of hydrogen-bond acceptors (Lipinski definition) is 3. The van der Waals surface area contributed by atoms with Crippen LogP contribution in [0.1, 0.15) is 5.56 Å². The lowest BCUT2D eigenvalue weighted by atomic mass is 10.0. The Morgan fingerprint density at radius 3 is 2.16 bits per heavy atom. The van der Waals surface area contributed by atoms with Crippen LogP contribution < -0.4 is 4.90 Å². The van der Waals surface area contributed by atoms with E-state index in [1.807, 2.05) is 12.1 Å². The van der Waals surface area contributed by atoms with Gasteiger partial charge in [-0.15, -0.1) is 0 Å². The monoisotopic (exact) mass is 489 g/mol. The zero-order valence-corrected chi connectivity index (χ0v) is 20.8. The molecule has 6 aromatic carbocycles. The summed E-state index contributed by atoms with van der Waals surface area (Å²) in [6, 6.07) is 42.4. The van der Waals surface area contributed by atoms with Gasteiger partial charge in [-0.05, 0) is 71.8 Å². The van der Waals surface area contributed by atoms with E-state index < -0.39 is 0 Å². The molecular weight excluding hydrogens is 466 g/mol. The van der Waals surface area contributed by atoms with Crippen LogP contribution in [0.5, 0.6) is 0 Å². The first-order valence-electron chi connectivity index (χ1n) is 12.9. The van der Waals surface area contributed by atoms with Crippen LogP contribution >= 0.6 is 0 Å². The minimum atomic E-state index is 0.873. The summed E-state index contributed by atoms with van der Waals surface area (Å²) in [4.78, 5) is 2.29. The summed E-state index contributed by atoms with van der Waals surface area (Å²) in [7, 11) is 0. The molecule has 3 heteroatoms. The van der Waals surface area contributed by atoms with E-state index in [1.165, 1.54) is 16.3 Å². The molecule has 0 saturated carbocycles. The minimum absolute atomic E-state index is 0.873. The molecule has 0 aliphatic carbocycles. The molecular formula is C35H23NO2. The summed E-state index contributed by atoms with van der Waals surface area (Å²) in [5, 5.41) is 6.88. The van der Waals surface area contributed by atoms with Gasteiger partial charge in [-0.25, -0.2) is 0 Å². The molecule has 0 amide bonds. The van der Waals surface area contributed by atoms with Crippen LogP contribution in [-0.4, -0.2) is 0 Å². The van der Waals surface area contributed by atoms with Crippen LogP contribution in [-0.2, 0) is 0 Å². The third-order valence-electron chi connectivity index (χ3n) is 7.49. The van der Waals surface area contributed by atoms with Crippen molar-refractivity contribution in [2.45, 2.75) is 6.92 Å². The van der Waals surface area contributed by atoms with Crippen molar-refractivity contribution in [3.63, 3.8) is 0 Å². The molecule has 38 heavy (non-hydrogen) atoms. The van der Waals surface area contributed by atoms with Crippen molar-refractivity contribution >= 4 is 71.7 Å². The van der Waals surface area contributed by atoms with Gasteiger partial charge in [0.25, 0.3) is 0 Å². The summed E-state index contributed by atoms with van der Waals surface area (Å²) < 4.78 is 12.8. The first-order valence-corrected chi connectivity index (χ1v) is 12.9. The van der Waals surface area contributed by atoms with Crippen molar-refractivity contribution < 1.29 is 8.83 Å². The number of nitrogens with zero attached hydrogens (tertiary/aromatic N) is 1. The Morgan fingerprint density at radius 1 is 0.500 bits per heavy atom. The molecule has 2 heterocycles. The molecule has 0 N–H and O–H groups in total. The van der Waals surface area contributed by atoms with Crippen LogP contribution in [0.2, 0.25) is 0 Å². The fourth-order valence-electron chi connectivity index (χ4n) is 5.78. The van der Waals surface area contributed by atoms with Crippen molar-refractivity contribution in [2.75, 3.05) is 4.90 Å². The average Bonchev–Trinajstić information content (AvgIpc) is 3.52. The second-order valence-electron chi connectivity index (χ2n) is 9.87. The zero-order valence-electron chi connectivity index (χ0n) is 20.8. The number of fused-ring (bicyclic) bond motifs is 8. The maximum absolute atomic E-state index is 6.48. The van der Waals surface area contributed by atoms with Crippen molar-refractivity contribution in [1.82, 2.24) is 0 Å². The summed E-state index contributed by atoms with van der Waals surface area (Å²) in [6.07, 6.45) is 0. The molecule has 8 aromatic rings. The number of para-hydroxylation sites is 2. The molecule has 0 radical (unpaired) electrons. The molecule has 180 valence electrons. The number of furan rings is 2. The number of benzene rings is 6. The van der Waals surface area contributed by atoms with Crippen LogP contribution in [0.4, 0.5) is 17.1 Å². The molecule has 0 aliphatic heterocycles. The topological polar surface area (TPSA) is 29.5 Å².